The molecule has 0 radical (unpaired) electrons. The second kappa shape index (κ2) is 3.59. The Hall–Kier alpha value is -1.36. The summed E-state index contributed by atoms with van der Waals surface area (Å²) in [6, 6.07) is 0.489. The Morgan fingerprint density at radius 3 is 3.19 bits per heavy atom. The van der Waals surface area contributed by atoms with Crippen molar-refractivity contribution in [1.29, 1.82) is 0 Å². The van der Waals surface area contributed by atoms with Crippen LogP contribution in [0.5, 0.6) is 0 Å². The monoisotopic (exact) mass is 235 g/mol. The van der Waals surface area contributed by atoms with E-state index < -0.39 is 0 Å². The Kier molecular flexibility index (Phi) is 2.21. The molecule has 1 aliphatic rings. The van der Waals surface area contributed by atoms with Gasteiger partial charge in [-0.25, -0.2) is 4.98 Å². The van der Waals surface area contributed by atoms with E-state index in [4.69, 9.17) is 0 Å². The van der Waals surface area contributed by atoms with E-state index in [0.29, 0.717) is 11.7 Å². The van der Waals surface area contributed by atoms with Crippen LogP contribution in [0.1, 0.15) is 30.3 Å². The van der Waals surface area contributed by atoms with Gasteiger partial charge in [0.2, 0.25) is 0 Å². The molecular formula is C11H13N3OS. The number of aldehydes is 1. The van der Waals surface area contributed by atoms with Crippen molar-refractivity contribution in [3.63, 3.8) is 0 Å². The predicted octanol–water partition coefficient (Wildman–Crippen LogP) is 2.20. The van der Waals surface area contributed by atoms with Gasteiger partial charge < -0.3 is 4.90 Å². The highest BCUT2D eigenvalue weighted by Gasteiger charge is 2.26. The van der Waals surface area contributed by atoms with Crippen molar-refractivity contribution in [2.24, 2.45) is 0 Å². The van der Waals surface area contributed by atoms with E-state index in [9.17, 15) is 4.79 Å². The average Bonchev–Trinajstić information content (AvgIpc) is 2.90. The minimum atomic E-state index is 0.489. The summed E-state index contributed by atoms with van der Waals surface area (Å²) in [5.74, 6) is 0.854. The van der Waals surface area contributed by atoms with Crippen LogP contribution in [0.4, 0.5) is 5.82 Å². The Labute approximate surface area is 97.5 Å². The molecule has 1 saturated heterocycles. The number of nitrogens with zero attached hydrogens (tertiary/aromatic N) is 3. The van der Waals surface area contributed by atoms with E-state index in [1.807, 2.05) is 16.0 Å². The van der Waals surface area contributed by atoms with Crippen LogP contribution in [0, 0.1) is 0 Å². The van der Waals surface area contributed by atoms with Crippen LogP contribution >= 0.6 is 11.3 Å². The zero-order valence-corrected chi connectivity index (χ0v) is 9.91. The zero-order chi connectivity index (χ0) is 11.1. The number of thiazole rings is 1. The standard InChI is InChI=1S/C11H13N3OS/c1-8-3-2-4-13(8)10-9(7-15)14-5-6-16-11(14)12-10/h5-8H,2-4H2,1H3. The van der Waals surface area contributed by atoms with Gasteiger partial charge >= 0.3 is 0 Å². The summed E-state index contributed by atoms with van der Waals surface area (Å²) >= 11 is 1.56. The molecule has 0 amide bonds. The van der Waals surface area contributed by atoms with Crippen LogP contribution in [-0.2, 0) is 0 Å². The molecule has 5 heteroatoms. The molecule has 2 aromatic heterocycles. The lowest BCUT2D eigenvalue weighted by Crippen LogP contribution is -2.27. The van der Waals surface area contributed by atoms with Gasteiger partial charge in [0.25, 0.3) is 0 Å². The quantitative estimate of drug-likeness (QED) is 0.749. The second-order valence-corrected chi connectivity index (χ2v) is 5.05. The Morgan fingerprint density at radius 2 is 2.50 bits per heavy atom. The van der Waals surface area contributed by atoms with Gasteiger partial charge in [0.1, 0.15) is 5.69 Å². The van der Waals surface area contributed by atoms with Crippen LogP contribution in [0.3, 0.4) is 0 Å². The number of aromatic nitrogens is 2. The number of carbonyl (C=O) groups excluding carboxylic acids is 1. The van der Waals surface area contributed by atoms with Gasteiger partial charge in [-0.1, -0.05) is 0 Å². The summed E-state index contributed by atoms with van der Waals surface area (Å²) in [7, 11) is 0. The van der Waals surface area contributed by atoms with Crippen LogP contribution in [0.15, 0.2) is 11.6 Å². The van der Waals surface area contributed by atoms with Crippen molar-refractivity contribution in [3.8, 4) is 0 Å². The van der Waals surface area contributed by atoms with Crippen molar-refractivity contribution in [2.75, 3.05) is 11.4 Å². The fourth-order valence-electron chi connectivity index (χ4n) is 2.36. The molecular weight excluding hydrogens is 222 g/mol. The largest absolute Gasteiger partial charge is 0.352 e. The molecule has 1 aliphatic heterocycles. The number of imidazole rings is 1. The van der Waals surface area contributed by atoms with Gasteiger partial charge in [-0.05, 0) is 19.8 Å². The summed E-state index contributed by atoms with van der Waals surface area (Å²) in [4.78, 5) is 18.9. The third-order valence-electron chi connectivity index (χ3n) is 3.22. The molecule has 0 saturated carbocycles. The minimum absolute atomic E-state index is 0.489. The van der Waals surface area contributed by atoms with Gasteiger partial charge in [-0.3, -0.25) is 9.20 Å². The fourth-order valence-corrected chi connectivity index (χ4v) is 3.08. The van der Waals surface area contributed by atoms with Crippen molar-refractivity contribution < 1.29 is 4.79 Å². The van der Waals surface area contributed by atoms with Crippen LogP contribution in [-0.4, -0.2) is 28.3 Å². The predicted molar refractivity (Wildman–Crippen MR) is 64.5 cm³/mol. The minimum Gasteiger partial charge on any atom is -0.352 e. The lowest BCUT2D eigenvalue weighted by Gasteiger charge is -2.21. The summed E-state index contributed by atoms with van der Waals surface area (Å²) in [6.07, 6.45) is 5.18. The van der Waals surface area contributed by atoms with Crippen LogP contribution in [0.25, 0.3) is 4.96 Å². The lowest BCUT2D eigenvalue weighted by molar-refractivity contribution is 0.111. The van der Waals surface area contributed by atoms with Crippen molar-refractivity contribution in [3.05, 3.63) is 17.3 Å². The third kappa shape index (κ3) is 1.28. The van der Waals surface area contributed by atoms with Crippen molar-refractivity contribution in [2.45, 2.75) is 25.8 Å². The fraction of sp³-hybridized carbons (Fsp3) is 0.455. The van der Waals surface area contributed by atoms with Crippen LogP contribution in [0.2, 0.25) is 0 Å². The molecule has 2 aromatic rings. The van der Waals surface area contributed by atoms with Gasteiger partial charge in [0, 0.05) is 24.2 Å². The topological polar surface area (TPSA) is 37.6 Å². The molecule has 4 nitrogen and oxygen atoms in total. The molecule has 16 heavy (non-hydrogen) atoms. The molecule has 0 bridgehead atoms. The van der Waals surface area contributed by atoms with E-state index in [2.05, 4.69) is 16.8 Å². The SMILES string of the molecule is CC1CCCN1c1nc2sccn2c1C=O. The smallest absolute Gasteiger partial charge is 0.196 e. The number of hydrogen-bond donors (Lipinski definition) is 0. The summed E-state index contributed by atoms with van der Waals surface area (Å²) in [5.41, 5.74) is 0.685. The Morgan fingerprint density at radius 1 is 1.62 bits per heavy atom. The summed E-state index contributed by atoms with van der Waals surface area (Å²) < 4.78 is 1.87. The van der Waals surface area contributed by atoms with Gasteiger partial charge in [0.05, 0.1) is 0 Å². The van der Waals surface area contributed by atoms with Crippen LogP contribution < -0.4 is 4.90 Å². The number of carbonyl (C=O) groups is 1. The maximum Gasteiger partial charge on any atom is 0.196 e. The molecule has 1 unspecified atom stereocenters. The molecule has 1 fully saturated rings. The highest BCUT2D eigenvalue weighted by atomic mass is 32.1. The van der Waals surface area contributed by atoms with E-state index >= 15 is 0 Å². The molecule has 3 heterocycles. The van der Waals surface area contributed by atoms with Gasteiger partial charge in [-0.2, -0.15) is 0 Å². The molecule has 1 atom stereocenters. The normalized spacial score (nSPS) is 20.8. The van der Waals surface area contributed by atoms with E-state index in [0.717, 1.165) is 23.6 Å². The highest BCUT2D eigenvalue weighted by Crippen LogP contribution is 2.29. The van der Waals surface area contributed by atoms with Gasteiger partial charge in [0.15, 0.2) is 17.1 Å². The van der Waals surface area contributed by atoms with E-state index in [1.54, 1.807) is 11.3 Å². The second-order valence-electron chi connectivity index (χ2n) is 4.18. The van der Waals surface area contributed by atoms with Gasteiger partial charge in [-0.15, -0.1) is 11.3 Å². The van der Waals surface area contributed by atoms with Crippen molar-refractivity contribution >= 4 is 28.4 Å². The first-order valence-corrected chi connectivity index (χ1v) is 6.36. The Bertz CT molecular complexity index is 530. The number of rotatable bonds is 2. The molecule has 0 aliphatic carbocycles. The first-order valence-electron chi connectivity index (χ1n) is 5.48. The molecule has 3 rings (SSSR count). The molecule has 0 N–H and O–H groups in total. The van der Waals surface area contributed by atoms with E-state index in [1.165, 1.54) is 12.8 Å². The number of fused-ring (bicyclic) bond motifs is 1. The Balaban J connectivity index is 2.14. The maximum atomic E-state index is 11.2. The lowest BCUT2D eigenvalue weighted by atomic mass is 10.2. The average molecular weight is 235 g/mol. The van der Waals surface area contributed by atoms with E-state index in [-0.39, 0.29) is 0 Å². The number of anilines is 1. The first kappa shape index (κ1) is 9.84. The first-order chi connectivity index (χ1) is 7.81. The molecule has 84 valence electrons. The summed E-state index contributed by atoms with van der Waals surface area (Å²) in [5, 5.41) is 1.95. The highest BCUT2D eigenvalue weighted by molar-refractivity contribution is 7.15. The maximum absolute atomic E-state index is 11.2. The van der Waals surface area contributed by atoms with Crippen molar-refractivity contribution in [1.82, 2.24) is 9.38 Å². The molecule has 0 spiro atoms. The summed E-state index contributed by atoms with van der Waals surface area (Å²) in [6.45, 7) is 3.20. The number of hydrogen-bond acceptors (Lipinski definition) is 4. The third-order valence-corrected chi connectivity index (χ3v) is 3.97. The molecule has 0 aromatic carbocycles. The zero-order valence-electron chi connectivity index (χ0n) is 9.09.